The molecule has 1 aliphatic carbocycles. The van der Waals surface area contributed by atoms with Crippen LogP contribution in [0, 0.1) is 13.8 Å². The van der Waals surface area contributed by atoms with Crippen LogP contribution in [0.15, 0.2) is 149 Å². The van der Waals surface area contributed by atoms with Gasteiger partial charge in [0.2, 0.25) is 0 Å². The number of rotatable bonds is 8. The zero-order valence-electron chi connectivity index (χ0n) is 29.9. The van der Waals surface area contributed by atoms with Crippen LogP contribution < -0.4 is 0 Å². The molecule has 8 aromatic rings. The highest BCUT2D eigenvalue weighted by Crippen LogP contribution is 2.39. The van der Waals surface area contributed by atoms with Gasteiger partial charge in [-0.2, -0.15) is 0 Å². The van der Waals surface area contributed by atoms with Gasteiger partial charge >= 0.3 is 0 Å². The third-order valence-corrected chi connectivity index (χ3v) is 10.6. The van der Waals surface area contributed by atoms with Gasteiger partial charge in [0, 0.05) is 33.9 Å². The first-order valence-corrected chi connectivity index (χ1v) is 18.7. The molecule has 2 nitrogen and oxygen atoms in total. The average Bonchev–Trinajstić information content (AvgIpc) is 3.78. The monoisotopic (exact) mass is 674 g/mol. The lowest BCUT2D eigenvalue weighted by Gasteiger charge is -2.14. The molecule has 0 aliphatic heterocycles. The Hall–Kier alpha value is -5.86. The molecule has 0 radical (unpaired) electrons. The van der Waals surface area contributed by atoms with E-state index in [9.17, 15) is 0 Å². The molecule has 0 spiro atoms. The summed E-state index contributed by atoms with van der Waals surface area (Å²) >= 11 is 0. The van der Waals surface area contributed by atoms with Gasteiger partial charge in [-0.25, -0.2) is 0 Å². The Morgan fingerprint density at radius 2 is 1.23 bits per heavy atom. The summed E-state index contributed by atoms with van der Waals surface area (Å²) in [6.07, 6.45) is 13.2. The van der Waals surface area contributed by atoms with E-state index in [2.05, 4.69) is 147 Å². The third-order valence-electron chi connectivity index (χ3n) is 10.6. The molecule has 0 bridgehead atoms. The molecule has 0 N–H and O–H groups in total. The maximum absolute atomic E-state index is 6.47. The fourth-order valence-corrected chi connectivity index (χ4v) is 8.13. The highest BCUT2D eigenvalue weighted by Gasteiger charge is 2.17. The molecule has 0 saturated heterocycles. The number of hydrogen-bond donors (Lipinski definition) is 0. The van der Waals surface area contributed by atoms with Gasteiger partial charge in [-0.15, -0.1) is 0 Å². The number of fused-ring (bicyclic) bond motifs is 4. The van der Waals surface area contributed by atoms with E-state index in [4.69, 9.17) is 8.83 Å². The van der Waals surface area contributed by atoms with E-state index < -0.39 is 0 Å². The molecule has 1 aliphatic rings. The first kappa shape index (κ1) is 32.1. The molecule has 2 heterocycles. The highest BCUT2D eigenvalue weighted by molar-refractivity contribution is 6.09. The summed E-state index contributed by atoms with van der Waals surface area (Å²) in [6, 6.07) is 46.6. The third kappa shape index (κ3) is 6.31. The van der Waals surface area contributed by atoms with Gasteiger partial charge in [0.1, 0.15) is 16.9 Å². The first-order valence-electron chi connectivity index (χ1n) is 18.7. The van der Waals surface area contributed by atoms with E-state index >= 15 is 0 Å². The highest BCUT2D eigenvalue weighted by atomic mass is 16.3. The van der Waals surface area contributed by atoms with Crippen molar-refractivity contribution in [2.75, 3.05) is 0 Å². The number of aryl methyl sites for hydroxylation is 4. The van der Waals surface area contributed by atoms with Gasteiger partial charge in [0.15, 0.2) is 0 Å². The van der Waals surface area contributed by atoms with Crippen LogP contribution in [0.4, 0.5) is 0 Å². The maximum Gasteiger partial charge on any atom is 0.143 e. The predicted octanol–water partition coefficient (Wildman–Crippen LogP) is 14.0. The number of furan rings is 2. The van der Waals surface area contributed by atoms with Gasteiger partial charge in [-0.1, -0.05) is 115 Å². The van der Waals surface area contributed by atoms with Crippen LogP contribution in [0.5, 0.6) is 0 Å². The Labute approximate surface area is 306 Å². The van der Waals surface area contributed by atoms with Crippen LogP contribution >= 0.6 is 0 Å². The van der Waals surface area contributed by atoms with Crippen molar-refractivity contribution in [1.29, 1.82) is 0 Å². The summed E-state index contributed by atoms with van der Waals surface area (Å²) in [7, 11) is 0. The molecule has 9 rings (SSSR count). The molecule has 6 aromatic carbocycles. The van der Waals surface area contributed by atoms with Crippen LogP contribution in [0.25, 0.3) is 72.5 Å². The van der Waals surface area contributed by atoms with Crippen LogP contribution in [0.3, 0.4) is 0 Å². The minimum atomic E-state index is 0.920. The summed E-state index contributed by atoms with van der Waals surface area (Å²) in [5.41, 5.74) is 18.0. The predicted molar refractivity (Wildman–Crippen MR) is 218 cm³/mol. The number of para-hydroxylation sites is 2. The van der Waals surface area contributed by atoms with Crippen molar-refractivity contribution in [2.45, 2.75) is 52.4 Å². The zero-order valence-corrected chi connectivity index (χ0v) is 29.9. The summed E-state index contributed by atoms with van der Waals surface area (Å²) < 4.78 is 12.3. The summed E-state index contributed by atoms with van der Waals surface area (Å²) in [5, 5.41) is 2.30. The van der Waals surface area contributed by atoms with Crippen LogP contribution in [0.1, 0.15) is 52.8 Å². The van der Waals surface area contributed by atoms with E-state index in [0.29, 0.717) is 0 Å². The molecular weight excluding hydrogens is 633 g/mol. The van der Waals surface area contributed by atoms with Gasteiger partial charge in [0.25, 0.3) is 0 Å². The van der Waals surface area contributed by atoms with Gasteiger partial charge in [-0.3, -0.25) is 0 Å². The van der Waals surface area contributed by atoms with Crippen LogP contribution in [-0.2, 0) is 19.3 Å². The SMILES string of the molecule is Cc1cc(CC/C=C\c2coc3c2CCCC3)cc(-c2cc(-c3ccccc3)cc(-c3cc(C)cc(-c4cccc5c4oc4ccccc45)c3)c2)c1. The van der Waals surface area contributed by atoms with Gasteiger partial charge < -0.3 is 8.83 Å². The second kappa shape index (κ2) is 13.7. The van der Waals surface area contributed by atoms with E-state index in [1.807, 2.05) is 12.3 Å². The van der Waals surface area contributed by atoms with Crippen LogP contribution in [0.2, 0.25) is 0 Å². The van der Waals surface area contributed by atoms with Crippen molar-refractivity contribution in [2.24, 2.45) is 0 Å². The standard InChI is InChI=1S/C50H42O2/c1-33-23-35(13-6-7-16-37-32-51-48-21-10-8-17-44(37)48)27-38(24-33)41-28-40(36-14-4-3-5-15-36)29-42(30-41)39-25-34(2)26-43(31-39)45-19-12-20-47-46-18-9-11-22-49(46)52-50(45)47/h3-5,7,9,11-12,14-16,18-20,22-32H,6,8,10,13,17,21H2,1-2H3/b16-7-. The van der Waals surface area contributed by atoms with Crippen molar-refractivity contribution in [3.05, 3.63) is 173 Å². The molecule has 254 valence electrons. The molecule has 0 saturated carbocycles. The number of allylic oxidation sites excluding steroid dienone is 1. The molecule has 0 fully saturated rings. The van der Waals surface area contributed by atoms with Gasteiger partial charge in [0.05, 0.1) is 6.26 Å². The largest absolute Gasteiger partial charge is 0.468 e. The minimum Gasteiger partial charge on any atom is -0.468 e. The van der Waals surface area contributed by atoms with Crippen molar-refractivity contribution in [1.82, 2.24) is 0 Å². The quantitative estimate of drug-likeness (QED) is 0.160. The fourth-order valence-electron chi connectivity index (χ4n) is 8.13. The molecule has 0 unspecified atom stereocenters. The second-order valence-electron chi connectivity index (χ2n) is 14.5. The minimum absolute atomic E-state index is 0.920. The second-order valence-corrected chi connectivity index (χ2v) is 14.5. The Bertz CT molecular complexity index is 2590. The van der Waals surface area contributed by atoms with Gasteiger partial charge in [-0.05, 0) is 126 Å². The lowest BCUT2D eigenvalue weighted by molar-refractivity contribution is 0.478. The lowest BCUT2D eigenvalue weighted by Crippen LogP contribution is -1.99. The Morgan fingerprint density at radius 3 is 2.08 bits per heavy atom. The fraction of sp³-hybridized carbons (Fsp3) is 0.160. The van der Waals surface area contributed by atoms with Crippen LogP contribution in [-0.4, -0.2) is 0 Å². The molecule has 2 aromatic heterocycles. The van der Waals surface area contributed by atoms with E-state index in [-0.39, 0.29) is 0 Å². The zero-order chi connectivity index (χ0) is 35.0. The van der Waals surface area contributed by atoms with E-state index in [1.54, 1.807) is 0 Å². The Morgan fingerprint density at radius 1 is 0.577 bits per heavy atom. The number of benzene rings is 6. The van der Waals surface area contributed by atoms with Crippen molar-refractivity contribution in [3.8, 4) is 44.5 Å². The normalized spacial score (nSPS) is 13.0. The van der Waals surface area contributed by atoms with Crippen molar-refractivity contribution in [3.63, 3.8) is 0 Å². The van der Waals surface area contributed by atoms with Crippen molar-refractivity contribution >= 4 is 28.0 Å². The summed E-state index contributed by atoms with van der Waals surface area (Å²) in [4.78, 5) is 0. The topological polar surface area (TPSA) is 26.3 Å². The Kier molecular flexibility index (Phi) is 8.45. The Balaban J connectivity index is 1.08. The molecule has 52 heavy (non-hydrogen) atoms. The summed E-state index contributed by atoms with van der Waals surface area (Å²) in [6.45, 7) is 4.41. The lowest BCUT2D eigenvalue weighted by atomic mass is 9.90. The van der Waals surface area contributed by atoms with E-state index in [0.717, 1.165) is 58.7 Å². The number of hydrogen-bond acceptors (Lipinski definition) is 2. The van der Waals surface area contributed by atoms with Crippen molar-refractivity contribution < 1.29 is 8.83 Å². The molecule has 2 heteroatoms. The molecule has 0 atom stereocenters. The molecular formula is C50H42O2. The molecule has 0 amide bonds. The first-order chi connectivity index (χ1) is 25.6. The average molecular weight is 675 g/mol. The van der Waals surface area contributed by atoms with E-state index in [1.165, 1.54) is 79.8 Å². The summed E-state index contributed by atoms with van der Waals surface area (Å²) in [5.74, 6) is 1.19. The smallest absolute Gasteiger partial charge is 0.143 e. The maximum atomic E-state index is 6.47.